The summed E-state index contributed by atoms with van der Waals surface area (Å²) in [4.78, 5) is 22.7. The maximum atomic E-state index is 11.4. The van der Waals surface area contributed by atoms with Gasteiger partial charge in [0.15, 0.2) is 0 Å². The molecule has 0 spiro atoms. The van der Waals surface area contributed by atoms with Crippen molar-refractivity contribution in [1.82, 2.24) is 0 Å². The Morgan fingerprint density at radius 1 is 0.625 bits per heavy atom. The summed E-state index contributed by atoms with van der Waals surface area (Å²) in [5.74, 6) is -0.200. The highest BCUT2D eigenvalue weighted by Gasteiger charge is 2.03. The number of ether oxygens (including phenoxy) is 2. The van der Waals surface area contributed by atoms with Crippen LogP contribution >= 0.6 is 0 Å². The molecule has 0 aliphatic rings. The molecule has 24 heavy (non-hydrogen) atoms. The highest BCUT2D eigenvalue weighted by Crippen LogP contribution is 2.11. The van der Waals surface area contributed by atoms with Crippen LogP contribution in [-0.2, 0) is 19.1 Å². The van der Waals surface area contributed by atoms with Crippen molar-refractivity contribution in [1.29, 1.82) is 0 Å². The first-order chi connectivity index (χ1) is 11.7. The van der Waals surface area contributed by atoms with Crippen molar-refractivity contribution < 1.29 is 19.1 Å². The average molecular weight is 338 g/mol. The quantitative estimate of drug-likeness (QED) is 0.210. The van der Waals surface area contributed by atoms with Gasteiger partial charge >= 0.3 is 11.9 Å². The highest BCUT2D eigenvalue weighted by atomic mass is 16.5. The Hall–Kier alpha value is -1.58. The molecule has 0 unspecified atom stereocenters. The number of hydrogen-bond acceptors (Lipinski definition) is 4. The molecule has 0 saturated carbocycles. The van der Waals surface area contributed by atoms with Crippen LogP contribution in [0.4, 0.5) is 0 Å². The molecular weight excluding hydrogens is 304 g/mol. The molecule has 0 N–H and O–H groups in total. The van der Waals surface area contributed by atoms with Gasteiger partial charge in [-0.2, -0.15) is 0 Å². The second-order valence-electron chi connectivity index (χ2n) is 5.92. The van der Waals surface area contributed by atoms with Crippen molar-refractivity contribution in [3.05, 3.63) is 25.3 Å². The first-order valence-electron chi connectivity index (χ1n) is 9.23. The van der Waals surface area contributed by atoms with Gasteiger partial charge in [-0.1, -0.05) is 50.7 Å². The lowest BCUT2D eigenvalue weighted by Gasteiger charge is -2.04. The third-order valence-electron chi connectivity index (χ3n) is 3.68. The lowest BCUT2D eigenvalue weighted by Crippen LogP contribution is -2.05. The Labute approximate surface area is 147 Å². The van der Waals surface area contributed by atoms with Crippen molar-refractivity contribution in [2.45, 2.75) is 77.0 Å². The van der Waals surface area contributed by atoms with Gasteiger partial charge in [0, 0.05) is 12.8 Å². The third kappa shape index (κ3) is 16.8. The SMILES string of the molecule is C=CCCOC(=O)CCCCCCCCCCC(=O)OCCC=C. The van der Waals surface area contributed by atoms with E-state index < -0.39 is 0 Å². The summed E-state index contributed by atoms with van der Waals surface area (Å²) in [7, 11) is 0. The third-order valence-corrected chi connectivity index (χ3v) is 3.68. The Morgan fingerprint density at radius 2 is 0.958 bits per heavy atom. The average Bonchev–Trinajstić information content (AvgIpc) is 2.57. The predicted octanol–water partition coefficient (Wildman–Crippen LogP) is 5.13. The van der Waals surface area contributed by atoms with Crippen LogP contribution < -0.4 is 0 Å². The Bertz CT molecular complexity index is 316. The van der Waals surface area contributed by atoms with E-state index in [1.807, 2.05) is 0 Å². The molecule has 138 valence electrons. The molecule has 0 aromatic heterocycles. The minimum absolute atomic E-state index is 0.100. The van der Waals surface area contributed by atoms with E-state index in [2.05, 4.69) is 13.2 Å². The van der Waals surface area contributed by atoms with Gasteiger partial charge in [0.25, 0.3) is 0 Å². The van der Waals surface area contributed by atoms with E-state index in [9.17, 15) is 9.59 Å². The topological polar surface area (TPSA) is 52.6 Å². The van der Waals surface area contributed by atoms with Gasteiger partial charge in [0.05, 0.1) is 13.2 Å². The second-order valence-corrected chi connectivity index (χ2v) is 5.92. The summed E-state index contributed by atoms with van der Waals surface area (Å²) in [6.45, 7) is 8.07. The molecule has 0 saturated heterocycles. The number of unbranched alkanes of at least 4 members (excludes halogenated alkanes) is 7. The van der Waals surface area contributed by atoms with Crippen LogP contribution in [0, 0.1) is 0 Å². The summed E-state index contributed by atoms with van der Waals surface area (Å²) >= 11 is 0. The molecule has 4 nitrogen and oxygen atoms in total. The van der Waals surface area contributed by atoms with Gasteiger partial charge < -0.3 is 9.47 Å². The molecule has 0 aliphatic carbocycles. The minimum atomic E-state index is -0.100. The summed E-state index contributed by atoms with van der Waals surface area (Å²) in [6, 6.07) is 0. The largest absolute Gasteiger partial charge is 0.465 e. The van der Waals surface area contributed by atoms with Crippen molar-refractivity contribution in [3.63, 3.8) is 0 Å². The molecule has 4 heteroatoms. The second kappa shape index (κ2) is 17.8. The molecule has 0 amide bonds. The van der Waals surface area contributed by atoms with Crippen LogP contribution in [0.25, 0.3) is 0 Å². The lowest BCUT2D eigenvalue weighted by molar-refractivity contribution is -0.144. The first kappa shape index (κ1) is 22.4. The molecule has 0 aliphatic heterocycles. The monoisotopic (exact) mass is 338 g/mol. The zero-order valence-corrected chi connectivity index (χ0v) is 15.1. The molecule has 0 radical (unpaired) electrons. The normalized spacial score (nSPS) is 10.2. The van der Waals surface area contributed by atoms with Gasteiger partial charge in [0.2, 0.25) is 0 Å². The molecule has 0 heterocycles. The van der Waals surface area contributed by atoms with Crippen molar-refractivity contribution in [2.24, 2.45) is 0 Å². The number of carbonyl (C=O) groups is 2. The Balaban J connectivity index is 3.22. The van der Waals surface area contributed by atoms with Gasteiger partial charge in [-0.05, 0) is 25.7 Å². The molecule has 0 aromatic rings. The molecule has 0 bridgehead atoms. The van der Waals surface area contributed by atoms with Gasteiger partial charge in [-0.15, -0.1) is 13.2 Å². The van der Waals surface area contributed by atoms with E-state index in [0.29, 0.717) is 26.1 Å². The van der Waals surface area contributed by atoms with E-state index in [0.717, 1.165) is 51.4 Å². The lowest BCUT2D eigenvalue weighted by atomic mass is 10.1. The van der Waals surface area contributed by atoms with E-state index in [4.69, 9.17) is 9.47 Å². The van der Waals surface area contributed by atoms with E-state index in [1.54, 1.807) is 12.2 Å². The maximum Gasteiger partial charge on any atom is 0.305 e. The van der Waals surface area contributed by atoms with Gasteiger partial charge in [-0.3, -0.25) is 9.59 Å². The minimum Gasteiger partial charge on any atom is -0.465 e. The molecular formula is C20H34O4. The standard InChI is InChI=1S/C20H34O4/c1-3-5-17-23-19(21)15-13-11-9-7-8-10-12-14-16-20(22)24-18-6-4-2/h3-4H,1-2,5-18H2. The van der Waals surface area contributed by atoms with E-state index >= 15 is 0 Å². The summed E-state index contributed by atoms with van der Waals surface area (Å²) in [6.07, 6.45) is 14.6. The number of rotatable bonds is 17. The zero-order valence-electron chi connectivity index (χ0n) is 15.1. The van der Waals surface area contributed by atoms with Crippen LogP contribution in [-0.4, -0.2) is 25.2 Å². The zero-order chi connectivity index (χ0) is 17.9. The Morgan fingerprint density at radius 3 is 1.29 bits per heavy atom. The van der Waals surface area contributed by atoms with Crippen LogP contribution in [0.15, 0.2) is 25.3 Å². The number of carbonyl (C=O) groups excluding carboxylic acids is 2. The summed E-state index contributed by atoms with van der Waals surface area (Å²) < 4.78 is 10.1. The van der Waals surface area contributed by atoms with Crippen molar-refractivity contribution in [3.8, 4) is 0 Å². The van der Waals surface area contributed by atoms with Crippen LogP contribution in [0.2, 0.25) is 0 Å². The van der Waals surface area contributed by atoms with Crippen molar-refractivity contribution >= 4 is 11.9 Å². The molecule has 0 fully saturated rings. The summed E-state index contributed by atoms with van der Waals surface area (Å²) in [5.41, 5.74) is 0. The first-order valence-corrected chi connectivity index (χ1v) is 9.23. The Kier molecular flexibility index (Phi) is 16.6. The number of hydrogen-bond donors (Lipinski definition) is 0. The van der Waals surface area contributed by atoms with Crippen molar-refractivity contribution in [2.75, 3.05) is 13.2 Å². The fraction of sp³-hybridized carbons (Fsp3) is 0.700. The fourth-order valence-electron chi connectivity index (χ4n) is 2.26. The fourth-order valence-corrected chi connectivity index (χ4v) is 2.26. The summed E-state index contributed by atoms with van der Waals surface area (Å²) in [5, 5.41) is 0. The van der Waals surface area contributed by atoms with E-state index in [-0.39, 0.29) is 11.9 Å². The van der Waals surface area contributed by atoms with Gasteiger partial charge in [0.1, 0.15) is 0 Å². The smallest absolute Gasteiger partial charge is 0.305 e. The van der Waals surface area contributed by atoms with Crippen LogP contribution in [0.5, 0.6) is 0 Å². The van der Waals surface area contributed by atoms with Crippen LogP contribution in [0.1, 0.15) is 77.0 Å². The molecule has 0 atom stereocenters. The number of esters is 2. The molecule has 0 aromatic carbocycles. The predicted molar refractivity (Wildman–Crippen MR) is 97.7 cm³/mol. The van der Waals surface area contributed by atoms with E-state index in [1.165, 1.54) is 12.8 Å². The maximum absolute atomic E-state index is 11.4. The van der Waals surface area contributed by atoms with Crippen LogP contribution in [0.3, 0.4) is 0 Å². The van der Waals surface area contributed by atoms with Gasteiger partial charge in [-0.25, -0.2) is 0 Å². The highest BCUT2D eigenvalue weighted by molar-refractivity contribution is 5.69. The molecule has 0 rings (SSSR count).